The highest BCUT2D eigenvalue weighted by molar-refractivity contribution is 5.91. The lowest BCUT2D eigenvalue weighted by atomic mass is 9.61. The first-order valence-corrected chi connectivity index (χ1v) is 9.77. The fraction of sp³-hybridized carbons (Fsp3) is 0.600. The van der Waals surface area contributed by atoms with E-state index in [0.717, 1.165) is 12.1 Å². The van der Waals surface area contributed by atoms with Crippen molar-refractivity contribution in [3.63, 3.8) is 0 Å². The summed E-state index contributed by atoms with van der Waals surface area (Å²) in [4.78, 5) is 26.0. The summed E-state index contributed by atoms with van der Waals surface area (Å²) in [6.45, 7) is 6.58. The smallest absolute Gasteiger partial charge is 0.495 e. The zero-order valence-corrected chi connectivity index (χ0v) is 17.8. The van der Waals surface area contributed by atoms with Gasteiger partial charge >= 0.3 is 18.5 Å². The molecule has 1 spiro atoms. The van der Waals surface area contributed by atoms with Crippen LogP contribution in [0, 0.1) is 5.41 Å². The number of nitrogens with zero attached hydrogens (tertiary/aromatic N) is 1. The molecule has 172 valence electrons. The Morgan fingerprint density at radius 1 is 1.16 bits per heavy atom. The van der Waals surface area contributed by atoms with Gasteiger partial charge in [0.2, 0.25) is 0 Å². The molecule has 1 aliphatic carbocycles. The predicted octanol–water partition coefficient (Wildman–Crippen LogP) is 4.11. The Hall–Kier alpha value is -2.85. The molecule has 11 heteroatoms. The molecule has 0 bridgehead atoms. The predicted molar refractivity (Wildman–Crippen MR) is 105 cm³/mol. The van der Waals surface area contributed by atoms with E-state index < -0.39 is 23.7 Å². The number of alkyl halides is 3. The maximum atomic E-state index is 12.4. The van der Waals surface area contributed by atoms with Gasteiger partial charge in [0.15, 0.2) is 0 Å². The van der Waals surface area contributed by atoms with Crippen LogP contribution in [-0.4, -0.2) is 55.2 Å². The molecular weight excluding hydrogens is 419 g/mol. The van der Waals surface area contributed by atoms with E-state index in [1.165, 1.54) is 13.2 Å². The number of ether oxygens (including phenoxy) is 3. The molecule has 1 saturated carbocycles. The Bertz CT molecular complexity index is 839. The molecule has 1 heterocycles. The lowest BCUT2D eigenvalue weighted by Gasteiger charge is -2.58. The van der Waals surface area contributed by atoms with Crippen LogP contribution in [0.1, 0.15) is 33.6 Å². The summed E-state index contributed by atoms with van der Waals surface area (Å²) >= 11 is 0. The van der Waals surface area contributed by atoms with Gasteiger partial charge in [0.05, 0.1) is 12.8 Å². The minimum absolute atomic E-state index is 0.0208. The summed E-state index contributed by atoms with van der Waals surface area (Å²) < 4.78 is 51.6. The third kappa shape index (κ3) is 5.86. The average Bonchev–Trinajstić information content (AvgIpc) is 2.52. The number of urea groups is 1. The summed E-state index contributed by atoms with van der Waals surface area (Å²) in [5.41, 5.74) is -0.520. The zero-order valence-electron chi connectivity index (χ0n) is 17.8. The van der Waals surface area contributed by atoms with E-state index in [9.17, 15) is 22.8 Å². The number of amides is 3. The summed E-state index contributed by atoms with van der Waals surface area (Å²) in [6.07, 6.45) is -3.78. The van der Waals surface area contributed by atoms with Gasteiger partial charge in [0.1, 0.15) is 17.1 Å². The van der Waals surface area contributed by atoms with Crippen molar-refractivity contribution in [3.8, 4) is 11.5 Å². The van der Waals surface area contributed by atoms with E-state index in [0.29, 0.717) is 25.9 Å². The van der Waals surface area contributed by atoms with Crippen molar-refractivity contribution in [2.75, 3.05) is 25.5 Å². The first kappa shape index (κ1) is 22.8. The standard InChI is InChI=1S/C20H26F3N3O5/c1-18(2,3)31-17(28)26-10-19(11-26)8-12(9-19)24-16(27)25-14-7-13(30-20(21,22)23)5-6-15(14)29-4/h5-7,12H,8-11H2,1-4H3,(H2,24,25,27). The molecule has 0 radical (unpaired) electrons. The quantitative estimate of drug-likeness (QED) is 0.728. The minimum atomic E-state index is -4.84. The number of rotatable bonds is 4. The minimum Gasteiger partial charge on any atom is -0.495 e. The van der Waals surface area contributed by atoms with Gasteiger partial charge in [-0.05, 0) is 45.7 Å². The van der Waals surface area contributed by atoms with Crippen molar-refractivity contribution in [2.24, 2.45) is 5.41 Å². The monoisotopic (exact) mass is 445 g/mol. The average molecular weight is 445 g/mol. The Morgan fingerprint density at radius 2 is 1.81 bits per heavy atom. The van der Waals surface area contributed by atoms with Gasteiger partial charge < -0.3 is 29.7 Å². The number of nitrogens with one attached hydrogen (secondary N) is 2. The highest BCUT2D eigenvalue weighted by Gasteiger charge is 2.54. The molecule has 8 nitrogen and oxygen atoms in total. The van der Waals surface area contributed by atoms with E-state index in [-0.39, 0.29) is 29.0 Å². The fourth-order valence-electron chi connectivity index (χ4n) is 3.89. The van der Waals surface area contributed by atoms with Crippen molar-refractivity contribution in [1.82, 2.24) is 10.2 Å². The van der Waals surface area contributed by atoms with E-state index in [1.54, 1.807) is 4.90 Å². The van der Waals surface area contributed by atoms with E-state index >= 15 is 0 Å². The van der Waals surface area contributed by atoms with Crippen molar-refractivity contribution >= 4 is 17.8 Å². The van der Waals surface area contributed by atoms with Crippen LogP contribution in [0.15, 0.2) is 18.2 Å². The fourth-order valence-corrected chi connectivity index (χ4v) is 3.89. The lowest BCUT2D eigenvalue weighted by Crippen LogP contribution is -2.68. The molecule has 0 aromatic heterocycles. The Balaban J connectivity index is 1.48. The van der Waals surface area contributed by atoms with Crippen molar-refractivity contribution in [2.45, 2.75) is 51.6 Å². The van der Waals surface area contributed by atoms with Gasteiger partial charge in [-0.25, -0.2) is 9.59 Å². The van der Waals surface area contributed by atoms with Crippen LogP contribution in [0.3, 0.4) is 0 Å². The first-order chi connectivity index (χ1) is 14.3. The highest BCUT2D eigenvalue weighted by Crippen LogP contribution is 2.48. The van der Waals surface area contributed by atoms with Gasteiger partial charge in [-0.15, -0.1) is 13.2 Å². The van der Waals surface area contributed by atoms with Crippen LogP contribution in [0.25, 0.3) is 0 Å². The van der Waals surface area contributed by atoms with Crippen molar-refractivity contribution in [1.29, 1.82) is 0 Å². The second-order valence-corrected chi connectivity index (χ2v) is 8.95. The molecule has 0 unspecified atom stereocenters. The largest absolute Gasteiger partial charge is 0.573 e. The molecule has 2 aliphatic rings. The molecular formula is C20H26F3N3O5. The van der Waals surface area contributed by atoms with Crippen molar-refractivity contribution in [3.05, 3.63) is 18.2 Å². The number of benzene rings is 1. The summed E-state index contributed by atoms with van der Waals surface area (Å²) in [5.74, 6) is -0.273. The maximum absolute atomic E-state index is 12.4. The number of anilines is 1. The van der Waals surface area contributed by atoms with E-state index in [2.05, 4.69) is 15.4 Å². The lowest BCUT2D eigenvalue weighted by molar-refractivity contribution is -0.274. The van der Waals surface area contributed by atoms with Crippen LogP contribution in [-0.2, 0) is 4.74 Å². The number of carbonyl (C=O) groups is 2. The number of methoxy groups -OCH3 is 1. The van der Waals surface area contributed by atoms with Crippen LogP contribution in [0.4, 0.5) is 28.4 Å². The Kier molecular flexibility index (Phi) is 5.90. The first-order valence-electron chi connectivity index (χ1n) is 9.77. The molecule has 3 amide bonds. The summed E-state index contributed by atoms with van der Waals surface area (Å²) in [7, 11) is 1.34. The number of hydrogen-bond donors (Lipinski definition) is 2. The second kappa shape index (κ2) is 8.01. The number of carbonyl (C=O) groups excluding carboxylic acids is 2. The molecule has 1 aromatic carbocycles. The molecule has 3 rings (SSSR count). The van der Waals surface area contributed by atoms with Crippen LogP contribution >= 0.6 is 0 Å². The molecule has 1 aromatic rings. The van der Waals surface area contributed by atoms with E-state index in [4.69, 9.17) is 9.47 Å². The van der Waals surface area contributed by atoms with Gasteiger partial charge in [-0.2, -0.15) is 0 Å². The molecule has 1 saturated heterocycles. The van der Waals surface area contributed by atoms with Gasteiger partial charge in [-0.3, -0.25) is 0 Å². The van der Waals surface area contributed by atoms with Crippen LogP contribution in [0.2, 0.25) is 0 Å². The number of halogens is 3. The molecule has 31 heavy (non-hydrogen) atoms. The molecule has 2 fully saturated rings. The zero-order chi connectivity index (χ0) is 23.0. The second-order valence-electron chi connectivity index (χ2n) is 8.95. The Labute approximate surface area is 178 Å². The SMILES string of the molecule is COc1ccc(OC(F)(F)F)cc1NC(=O)NC1CC2(C1)CN(C(=O)OC(C)(C)C)C2. The Morgan fingerprint density at radius 3 is 2.35 bits per heavy atom. The normalized spacial score (nSPS) is 18.0. The van der Waals surface area contributed by atoms with Crippen LogP contribution < -0.4 is 20.1 Å². The third-order valence-corrected chi connectivity index (χ3v) is 5.05. The summed E-state index contributed by atoms with van der Waals surface area (Å²) in [6, 6.07) is 2.75. The molecule has 0 atom stereocenters. The van der Waals surface area contributed by atoms with Crippen molar-refractivity contribution < 1.29 is 37.0 Å². The third-order valence-electron chi connectivity index (χ3n) is 5.05. The maximum Gasteiger partial charge on any atom is 0.573 e. The molecule has 2 N–H and O–H groups in total. The topological polar surface area (TPSA) is 89.1 Å². The number of likely N-dealkylation sites (tertiary alicyclic amines) is 1. The van der Waals surface area contributed by atoms with Gasteiger partial charge in [-0.1, -0.05) is 0 Å². The summed E-state index contributed by atoms with van der Waals surface area (Å²) in [5, 5.41) is 5.28. The van der Waals surface area contributed by atoms with Gasteiger partial charge in [0, 0.05) is 30.6 Å². The molecule has 1 aliphatic heterocycles. The van der Waals surface area contributed by atoms with E-state index in [1.807, 2.05) is 20.8 Å². The highest BCUT2D eigenvalue weighted by atomic mass is 19.4. The van der Waals surface area contributed by atoms with Crippen LogP contribution in [0.5, 0.6) is 11.5 Å². The number of hydrogen-bond acceptors (Lipinski definition) is 5. The van der Waals surface area contributed by atoms with Gasteiger partial charge in [0.25, 0.3) is 0 Å².